The van der Waals surface area contributed by atoms with Crippen molar-refractivity contribution < 1.29 is 0 Å². The molecule has 1 aromatic rings. The highest BCUT2D eigenvalue weighted by molar-refractivity contribution is 9.10. The molecule has 0 spiro atoms. The van der Waals surface area contributed by atoms with Crippen LogP contribution < -0.4 is 0 Å². The van der Waals surface area contributed by atoms with Crippen LogP contribution in [0.25, 0.3) is 0 Å². The van der Waals surface area contributed by atoms with E-state index in [1.165, 1.54) is 4.68 Å². The van der Waals surface area contributed by atoms with Gasteiger partial charge in [0.25, 0.3) is 0 Å². The second kappa shape index (κ2) is 2.60. The molecule has 0 fully saturated rings. The average molecular weight is 220 g/mol. The summed E-state index contributed by atoms with van der Waals surface area (Å²) in [6.45, 7) is 0. The van der Waals surface area contributed by atoms with Gasteiger partial charge in [-0.1, -0.05) is 11.6 Å². The van der Waals surface area contributed by atoms with Gasteiger partial charge in [0, 0.05) is 7.05 Å². The Morgan fingerprint density at radius 3 is 2.60 bits per heavy atom. The fraction of sp³-hybridized carbons (Fsp3) is 0.200. The number of nitriles is 1. The number of hydrogen-bond donors (Lipinski definition) is 0. The van der Waals surface area contributed by atoms with Crippen LogP contribution in [0.5, 0.6) is 0 Å². The van der Waals surface area contributed by atoms with Gasteiger partial charge in [0.05, 0.1) is 0 Å². The Labute approximate surface area is 71.3 Å². The van der Waals surface area contributed by atoms with Gasteiger partial charge in [-0.25, -0.2) is 0 Å². The molecule has 0 saturated carbocycles. The third-order valence-electron chi connectivity index (χ3n) is 1.05. The van der Waals surface area contributed by atoms with Crippen LogP contribution in [0.4, 0.5) is 0 Å². The van der Waals surface area contributed by atoms with Gasteiger partial charge in [0.2, 0.25) is 0 Å². The summed E-state index contributed by atoms with van der Waals surface area (Å²) >= 11 is 8.72. The van der Waals surface area contributed by atoms with Crippen molar-refractivity contribution in [2.75, 3.05) is 0 Å². The quantitative estimate of drug-likeness (QED) is 0.668. The molecular weight excluding hydrogens is 217 g/mol. The summed E-state index contributed by atoms with van der Waals surface area (Å²) in [6.07, 6.45) is 0. The first-order valence-corrected chi connectivity index (χ1v) is 3.62. The first-order chi connectivity index (χ1) is 4.66. The topological polar surface area (TPSA) is 41.6 Å². The lowest BCUT2D eigenvalue weighted by Crippen LogP contribution is -1.88. The molecule has 0 aliphatic heterocycles. The number of hydrogen-bond acceptors (Lipinski definition) is 2. The van der Waals surface area contributed by atoms with Crippen LogP contribution in [0.15, 0.2) is 4.60 Å². The molecule has 1 rings (SSSR count). The SMILES string of the molecule is Cn1nc(Cl)c(C#N)c1Br. The Kier molecular flexibility index (Phi) is 1.97. The molecule has 0 aliphatic rings. The van der Waals surface area contributed by atoms with Crippen LogP contribution in [-0.4, -0.2) is 9.78 Å². The summed E-state index contributed by atoms with van der Waals surface area (Å²) in [6, 6.07) is 1.92. The third-order valence-corrected chi connectivity index (χ3v) is 2.22. The van der Waals surface area contributed by atoms with Crippen LogP contribution in [0, 0.1) is 11.3 Å². The fourth-order valence-electron chi connectivity index (χ4n) is 0.565. The maximum absolute atomic E-state index is 8.49. The van der Waals surface area contributed by atoms with Crippen molar-refractivity contribution in [3.63, 3.8) is 0 Å². The van der Waals surface area contributed by atoms with Crippen LogP contribution in [0.3, 0.4) is 0 Å². The number of halogens is 2. The lowest BCUT2D eigenvalue weighted by molar-refractivity contribution is 0.750. The van der Waals surface area contributed by atoms with Crippen LogP contribution in [0.1, 0.15) is 5.56 Å². The maximum Gasteiger partial charge on any atom is 0.170 e. The molecule has 0 bridgehead atoms. The monoisotopic (exact) mass is 219 g/mol. The van der Waals surface area contributed by atoms with Gasteiger partial charge in [0.1, 0.15) is 16.2 Å². The van der Waals surface area contributed by atoms with E-state index >= 15 is 0 Å². The first kappa shape index (κ1) is 7.58. The molecule has 0 amide bonds. The van der Waals surface area contributed by atoms with Gasteiger partial charge in [-0.15, -0.1) is 0 Å². The summed E-state index contributed by atoms with van der Waals surface area (Å²) in [5, 5.41) is 12.5. The molecule has 5 heteroatoms. The van der Waals surface area contributed by atoms with E-state index in [2.05, 4.69) is 21.0 Å². The van der Waals surface area contributed by atoms with E-state index in [1.807, 2.05) is 6.07 Å². The minimum absolute atomic E-state index is 0.233. The molecule has 0 unspecified atom stereocenters. The Morgan fingerprint density at radius 2 is 2.40 bits per heavy atom. The number of rotatable bonds is 0. The molecule has 0 aliphatic carbocycles. The molecule has 0 aromatic carbocycles. The Morgan fingerprint density at radius 1 is 1.80 bits per heavy atom. The molecule has 0 radical (unpaired) electrons. The maximum atomic E-state index is 8.49. The summed E-state index contributed by atoms with van der Waals surface area (Å²) in [4.78, 5) is 0. The van der Waals surface area contributed by atoms with Gasteiger partial charge >= 0.3 is 0 Å². The zero-order valence-corrected chi connectivity index (χ0v) is 7.44. The third kappa shape index (κ3) is 1.02. The number of aryl methyl sites for hydroxylation is 1. The molecule has 3 nitrogen and oxygen atoms in total. The molecular formula is C5H3BrClN3. The van der Waals surface area contributed by atoms with Crippen LogP contribution >= 0.6 is 27.5 Å². The predicted molar refractivity (Wildman–Crippen MR) is 40.6 cm³/mol. The normalized spacial score (nSPS) is 9.40. The van der Waals surface area contributed by atoms with E-state index in [9.17, 15) is 0 Å². The van der Waals surface area contributed by atoms with Gasteiger partial charge < -0.3 is 0 Å². The molecule has 0 atom stereocenters. The van der Waals surface area contributed by atoms with E-state index in [1.54, 1.807) is 7.05 Å². The minimum atomic E-state index is 0.233. The van der Waals surface area contributed by atoms with E-state index in [0.717, 1.165) is 0 Å². The Hall–Kier alpha value is -0.530. The number of aromatic nitrogens is 2. The molecule has 10 heavy (non-hydrogen) atoms. The van der Waals surface area contributed by atoms with Gasteiger partial charge in [-0.3, -0.25) is 4.68 Å². The fourth-order valence-corrected chi connectivity index (χ4v) is 1.28. The summed E-state index contributed by atoms with van der Waals surface area (Å²) in [7, 11) is 1.71. The van der Waals surface area contributed by atoms with E-state index in [0.29, 0.717) is 10.2 Å². The smallest absolute Gasteiger partial charge is 0.170 e. The molecule has 1 aromatic heterocycles. The second-order valence-corrected chi connectivity index (χ2v) is 2.80. The van der Waals surface area contributed by atoms with Crippen molar-refractivity contribution in [2.45, 2.75) is 0 Å². The zero-order chi connectivity index (χ0) is 7.72. The van der Waals surface area contributed by atoms with Gasteiger partial charge in [0.15, 0.2) is 5.15 Å². The summed E-state index contributed by atoms with van der Waals surface area (Å²) in [5.74, 6) is 0. The van der Waals surface area contributed by atoms with Gasteiger partial charge in [-0.2, -0.15) is 10.4 Å². The lowest BCUT2D eigenvalue weighted by atomic mass is 10.4. The highest BCUT2D eigenvalue weighted by atomic mass is 79.9. The highest BCUT2D eigenvalue weighted by Gasteiger charge is 2.10. The largest absolute Gasteiger partial charge is 0.259 e. The highest BCUT2D eigenvalue weighted by Crippen LogP contribution is 2.21. The first-order valence-electron chi connectivity index (χ1n) is 2.45. The van der Waals surface area contributed by atoms with E-state index < -0.39 is 0 Å². The molecule has 52 valence electrons. The molecule has 0 saturated heterocycles. The van der Waals surface area contributed by atoms with Crippen molar-refractivity contribution in [1.82, 2.24) is 9.78 Å². The van der Waals surface area contributed by atoms with Crippen molar-refractivity contribution in [1.29, 1.82) is 5.26 Å². The molecule has 1 heterocycles. The standard InChI is InChI=1S/C5H3BrClN3/c1-10-4(6)3(2-8)5(7)9-10/h1H3. The Balaban J connectivity index is 3.37. The number of nitrogens with zero attached hydrogens (tertiary/aromatic N) is 3. The van der Waals surface area contributed by atoms with Crippen LogP contribution in [0.2, 0.25) is 5.15 Å². The van der Waals surface area contributed by atoms with E-state index in [4.69, 9.17) is 16.9 Å². The summed E-state index contributed by atoms with van der Waals surface area (Å²) in [5.41, 5.74) is 0.379. The second-order valence-electron chi connectivity index (χ2n) is 1.69. The zero-order valence-electron chi connectivity index (χ0n) is 5.10. The molecule has 0 N–H and O–H groups in total. The van der Waals surface area contributed by atoms with Crippen molar-refractivity contribution >= 4 is 27.5 Å². The average Bonchev–Trinajstić information content (AvgIpc) is 2.09. The van der Waals surface area contributed by atoms with Crippen molar-refractivity contribution in [2.24, 2.45) is 7.05 Å². The minimum Gasteiger partial charge on any atom is -0.259 e. The van der Waals surface area contributed by atoms with Gasteiger partial charge in [-0.05, 0) is 15.9 Å². The van der Waals surface area contributed by atoms with Crippen molar-refractivity contribution in [3.8, 4) is 6.07 Å². The lowest BCUT2D eigenvalue weighted by Gasteiger charge is -1.86. The van der Waals surface area contributed by atoms with Crippen molar-refractivity contribution in [3.05, 3.63) is 15.3 Å². The van der Waals surface area contributed by atoms with Crippen LogP contribution in [-0.2, 0) is 7.05 Å². The van der Waals surface area contributed by atoms with E-state index in [-0.39, 0.29) is 5.15 Å². The Bertz CT molecular complexity index is 299. The summed E-state index contributed by atoms with van der Waals surface area (Å²) < 4.78 is 2.11. The predicted octanol–water partition coefficient (Wildman–Crippen LogP) is 1.71.